The third kappa shape index (κ3) is 2.50. The van der Waals surface area contributed by atoms with Crippen LogP contribution in [0.15, 0.2) is 0 Å². The highest BCUT2D eigenvalue weighted by molar-refractivity contribution is 5.80. The number of likely N-dealkylation sites (tertiary alicyclic amines) is 2. The summed E-state index contributed by atoms with van der Waals surface area (Å²) in [6.45, 7) is 8.59. The van der Waals surface area contributed by atoms with E-state index in [1.807, 2.05) is 18.7 Å². The molecule has 0 aliphatic carbocycles. The molecule has 2 fully saturated rings. The van der Waals surface area contributed by atoms with Gasteiger partial charge in [-0.3, -0.25) is 4.79 Å². The second kappa shape index (κ2) is 5.62. The van der Waals surface area contributed by atoms with Gasteiger partial charge in [0.15, 0.2) is 0 Å². The van der Waals surface area contributed by atoms with Gasteiger partial charge in [0.25, 0.3) is 0 Å². The fourth-order valence-corrected chi connectivity index (χ4v) is 3.43. The highest BCUT2D eigenvalue weighted by Crippen LogP contribution is 2.38. The summed E-state index contributed by atoms with van der Waals surface area (Å²) in [5.41, 5.74) is -0.764. The lowest BCUT2D eigenvalue weighted by Gasteiger charge is -2.30. The quantitative estimate of drug-likeness (QED) is 0.863. The first-order valence-corrected chi connectivity index (χ1v) is 7.68. The van der Waals surface area contributed by atoms with Crippen molar-refractivity contribution in [3.8, 4) is 0 Å². The number of urea groups is 1. The van der Waals surface area contributed by atoms with E-state index in [9.17, 15) is 14.7 Å². The Morgan fingerprint density at radius 1 is 1.30 bits per heavy atom. The number of hydrogen-bond donors (Lipinski definition) is 1. The minimum atomic E-state index is -0.768. The van der Waals surface area contributed by atoms with Crippen LogP contribution in [0.3, 0.4) is 0 Å². The zero-order chi connectivity index (χ0) is 14.9. The van der Waals surface area contributed by atoms with Crippen LogP contribution in [0.4, 0.5) is 4.79 Å². The van der Waals surface area contributed by atoms with Crippen molar-refractivity contribution in [2.75, 3.05) is 26.2 Å². The van der Waals surface area contributed by atoms with Crippen molar-refractivity contribution < 1.29 is 14.7 Å². The molecule has 0 aromatic carbocycles. The van der Waals surface area contributed by atoms with Gasteiger partial charge in [-0.15, -0.1) is 0 Å². The van der Waals surface area contributed by atoms with Gasteiger partial charge in [0.05, 0.1) is 5.41 Å². The van der Waals surface area contributed by atoms with Crippen LogP contribution in [0.25, 0.3) is 0 Å². The number of carbonyl (C=O) groups excluding carboxylic acids is 1. The van der Waals surface area contributed by atoms with Crippen LogP contribution in [-0.4, -0.2) is 53.1 Å². The molecule has 20 heavy (non-hydrogen) atoms. The first kappa shape index (κ1) is 15.1. The first-order valence-electron chi connectivity index (χ1n) is 7.68. The van der Waals surface area contributed by atoms with Crippen LogP contribution >= 0.6 is 0 Å². The van der Waals surface area contributed by atoms with Crippen LogP contribution in [0, 0.1) is 17.3 Å². The van der Waals surface area contributed by atoms with E-state index in [-0.39, 0.29) is 11.9 Å². The third-order valence-corrected chi connectivity index (χ3v) is 5.24. The predicted octanol–water partition coefficient (Wildman–Crippen LogP) is 2.27. The molecule has 2 amide bonds. The highest BCUT2D eigenvalue weighted by Gasteiger charge is 2.49. The van der Waals surface area contributed by atoms with Gasteiger partial charge in [-0.25, -0.2) is 4.79 Å². The van der Waals surface area contributed by atoms with E-state index in [4.69, 9.17) is 0 Å². The summed E-state index contributed by atoms with van der Waals surface area (Å²) in [4.78, 5) is 27.7. The molecule has 0 saturated carbocycles. The lowest BCUT2D eigenvalue weighted by molar-refractivity contribution is -0.150. The molecule has 114 valence electrons. The van der Waals surface area contributed by atoms with Gasteiger partial charge in [-0.05, 0) is 24.7 Å². The average molecular weight is 282 g/mol. The monoisotopic (exact) mass is 282 g/mol. The summed E-state index contributed by atoms with van der Waals surface area (Å²) < 4.78 is 0. The van der Waals surface area contributed by atoms with Gasteiger partial charge in [0, 0.05) is 26.2 Å². The lowest BCUT2D eigenvalue weighted by atomic mass is 9.76. The summed E-state index contributed by atoms with van der Waals surface area (Å²) in [5, 5.41) is 9.53. The number of hydrogen-bond acceptors (Lipinski definition) is 2. The third-order valence-electron chi connectivity index (χ3n) is 5.24. The Bertz CT molecular complexity index is 397. The molecule has 0 aromatic rings. The predicted molar refractivity (Wildman–Crippen MR) is 76.5 cm³/mol. The second-order valence-corrected chi connectivity index (χ2v) is 6.58. The average Bonchev–Trinajstić information content (AvgIpc) is 3.05. The second-order valence-electron chi connectivity index (χ2n) is 6.58. The molecule has 5 nitrogen and oxygen atoms in total. The fourth-order valence-electron chi connectivity index (χ4n) is 3.43. The Hall–Kier alpha value is -1.26. The SMILES string of the molecule is CCC1CCN(C(=O)N2CCC(C(=O)O)(C(C)C)C2)C1. The summed E-state index contributed by atoms with van der Waals surface area (Å²) >= 11 is 0. The maximum Gasteiger partial charge on any atom is 0.320 e. The largest absolute Gasteiger partial charge is 0.481 e. The molecule has 0 bridgehead atoms. The van der Waals surface area contributed by atoms with Gasteiger partial charge >= 0.3 is 12.0 Å². The zero-order valence-corrected chi connectivity index (χ0v) is 12.8. The molecule has 2 aliphatic rings. The zero-order valence-electron chi connectivity index (χ0n) is 12.8. The maximum absolute atomic E-state index is 12.5. The molecular formula is C15H26N2O3. The van der Waals surface area contributed by atoms with Gasteiger partial charge in [0.1, 0.15) is 0 Å². The van der Waals surface area contributed by atoms with Gasteiger partial charge in [0.2, 0.25) is 0 Å². The van der Waals surface area contributed by atoms with Crippen LogP contribution in [-0.2, 0) is 4.79 Å². The van der Waals surface area contributed by atoms with E-state index in [2.05, 4.69) is 6.92 Å². The van der Waals surface area contributed by atoms with E-state index in [0.29, 0.717) is 25.4 Å². The molecule has 2 saturated heterocycles. The molecule has 2 rings (SSSR count). The highest BCUT2D eigenvalue weighted by atomic mass is 16.4. The number of aliphatic carboxylic acids is 1. The molecule has 2 heterocycles. The molecule has 0 spiro atoms. The Morgan fingerprint density at radius 3 is 2.45 bits per heavy atom. The number of carbonyl (C=O) groups is 2. The van der Waals surface area contributed by atoms with E-state index in [0.717, 1.165) is 25.9 Å². The van der Waals surface area contributed by atoms with Crippen molar-refractivity contribution in [2.45, 2.75) is 40.0 Å². The molecule has 2 aliphatic heterocycles. The van der Waals surface area contributed by atoms with Gasteiger partial charge in [-0.2, -0.15) is 0 Å². The van der Waals surface area contributed by atoms with E-state index in [1.54, 1.807) is 4.90 Å². The molecule has 2 atom stereocenters. The maximum atomic E-state index is 12.5. The molecule has 0 aromatic heterocycles. The number of carboxylic acid groups (broad SMARTS) is 1. The van der Waals surface area contributed by atoms with Crippen LogP contribution in [0.2, 0.25) is 0 Å². The molecular weight excluding hydrogens is 256 g/mol. The smallest absolute Gasteiger partial charge is 0.320 e. The summed E-state index contributed by atoms with van der Waals surface area (Å²) in [6.07, 6.45) is 2.75. The van der Waals surface area contributed by atoms with Crippen molar-refractivity contribution in [1.82, 2.24) is 9.80 Å². The van der Waals surface area contributed by atoms with Crippen molar-refractivity contribution in [1.29, 1.82) is 0 Å². The standard InChI is InChI=1S/C15H26N2O3/c1-4-12-5-7-16(9-12)14(20)17-8-6-15(10-17,11(2)3)13(18)19/h11-12H,4-10H2,1-3H3,(H,18,19). The number of carboxylic acids is 1. The molecule has 2 unspecified atom stereocenters. The lowest BCUT2D eigenvalue weighted by Crippen LogP contribution is -2.44. The Labute approximate surface area is 120 Å². The van der Waals surface area contributed by atoms with Gasteiger partial charge < -0.3 is 14.9 Å². The Morgan fingerprint density at radius 2 is 2.00 bits per heavy atom. The number of amides is 2. The van der Waals surface area contributed by atoms with Crippen molar-refractivity contribution in [2.24, 2.45) is 17.3 Å². The minimum Gasteiger partial charge on any atom is -0.481 e. The minimum absolute atomic E-state index is 0.0322. The van der Waals surface area contributed by atoms with Crippen LogP contribution in [0.1, 0.15) is 40.0 Å². The van der Waals surface area contributed by atoms with Crippen LogP contribution < -0.4 is 0 Å². The topological polar surface area (TPSA) is 60.9 Å². The van der Waals surface area contributed by atoms with E-state index < -0.39 is 11.4 Å². The van der Waals surface area contributed by atoms with E-state index >= 15 is 0 Å². The van der Waals surface area contributed by atoms with Gasteiger partial charge in [-0.1, -0.05) is 27.2 Å². The number of rotatable bonds is 3. The summed E-state index contributed by atoms with van der Waals surface area (Å²) in [6, 6.07) is 0.0322. The summed E-state index contributed by atoms with van der Waals surface area (Å²) in [5.74, 6) is -0.119. The Kier molecular flexibility index (Phi) is 4.25. The van der Waals surface area contributed by atoms with E-state index in [1.165, 1.54) is 0 Å². The summed E-state index contributed by atoms with van der Waals surface area (Å²) in [7, 11) is 0. The first-order chi connectivity index (χ1) is 9.40. The molecule has 1 N–H and O–H groups in total. The Balaban J connectivity index is 2.02. The molecule has 5 heteroatoms. The van der Waals surface area contributed by atoms with Crippen molar-refractivity contribution >= 4 is 12.0 Å². The number of nitrogens with zero attached hydrogens (tertiary/aromatic N) is 2. The molecule has 0 radical (unpaired) electrons. The van der Waals surface area contributed by atoms with Crippen molar-refractivity contribution in [3.05, 3.63) is 0 Å². The normalized spacial score (nSPS) is 30.3. The fraction of sp³-hybridized carbons (Fsp3) is 0.867. The van der Waals surface area contributed by atoms with Crippen LogP contribution in [0.5, 0.6) is 0 Å². The van der Waals surface area contributed by atoms with Crippen molar-refractivity contribution in [3.63, 3.8) is 0 Å².